The van der Waals surface area contributed by atoms with Gasteiger partial charge in [0, 0.05) is 24.3 Å². The van der Waals surface area contributed by atoms with Crippen LogP contribution in [0.1, 0.15) is 32.6 Å². The van der Waals surface area contributed by atoms with E-state index in [1.807, 2.05) is 67.6 Å². The van der Waals surface area contributed by atoms with Crippen molar-refractivity contribution in [3.05, 3.63) is 101 Å². The topological polar surface area (TPSA) is 44.7 Å². The Morgan fingerprint density at radius 1 is 0.963 bits per heavy atom. The van der Waals surface area contributed by atoms with Gasteiger partial charge in [-0.2, -0.15) is 5.10 Å². The van der Waals surface area contributed by atoms with E-state index in [-0.39, 0.29) is 5.91 Å². The van der Waals surface area contributed by atoms with Crippen LogP contribution in [0.4, 0.5) is 5.69 Å². The van der Waals surface area contributed by atoms with Crippen molar-refractivity contribution < 1.29 is 4.79 Å². The van der Waals surface area contributed by atoms with E-state index >= 15 is 0 Å². The quantitative estimate of drug-likeness (QED) is 0.561. The summed E-state index contributed by atoms with van der Waals surface area (Å²) in [6, 6.07) is 24.2. The van der Waals surface area contributed by atoms with Gasteiger partial charge in [0.1, 0.15) is 0 Å². The van der Waals surface area contributed by atoms with E-state index in [0.717, 1.165) is 18.7 Å². The minimum absolute atomic E-state index is 0.195. The summed E-state index contributed by atoms with van der Waals surface area (Å²) in [4.78, 5) is 14.7. The first-order valence-electron chi connectivity index (χ1n) is 9.01. The number of rotatable bonds is 4. The van der Waals surface area contributed by atoms with Gasteiger partial charge in [-0.05, 0) is 47.9 Å². The Morgan fingerprint density at radius 3 is 2.48 bits per heavy atom. The average Bonchev–Trinajstić information content (AvgIpc) is 3.13. The van der Waals surface area contributed by atoms with Crippen LogP contribution >= 0.6 is 0 Å². The Bertz CT molecular complexity index is 978. The number of hydrogen-bond donors (Lipinski definition) is 1. The van der Waals surface area contributed by atoms with Crippen LogP contribution in [-0.2, 0) is 13.1 Å². The van der Waals surface area contributed by atoms with Crippen LogP contribution in [-0.4, -0.2) is 12.1 Å². The highest BCUT2D eigenvalue weighted by Gasteiger charge is 2.20. The molecule has 0 saturated heterocycles. The molecule has 1 aliphatic rings. The summed E-state index contributed by atoms with van der Waals surface area (Å²) in [5.74, 6) is -0.195. The number of fused-ring (bicyclic) bond motifs is 1. The zero-order valence-corrected chi connectivity index (χ0v) is 15.2. The number of hydrogen-bond acceptors (Lipinski definition) is 3. The number of carbonyl (C=O) groups is 1. The van der Waals surface area contributed by atoms with Crippen molar-refractivity contribution in [1.29, 1.82) is 0 Å². The van der Waals surface area contributed by atoms with Gasteiger partial charge in [-0.25, -0.2) is 5.43 Å². The number of benzene rings is 3. The molecule has 1 N–H and O–H groups in total. The zero-order valence-electron chi connectivity index (χ0n) is 15.2. The number of amides is 1. The second-order valence-electron chi connectivity index (χ2n) is 6.78. The second-order valence-corrected chi connectivity index (χ2v) is 6.78. The minimum atomic E-state index is -0.195. The maximum absolute atomic E-state index is 12.4. The van der Waals surface area contributed by atoms with Gasteiger partial charge in [-0.3, -0.25) is 4.79 Å². The monoisotopic (exact) mass is 355 g/mol. The lowest BCUT2D eigenvalue weighted by atomic mass is 10.1. The molecule has 0 unspecified atom stereocenters. The number of nitrogens with zero attached hydrogens (tertiary/aromatic N) is 2. The van der Waals surface area contributed by atoms with Gasteiger partial charge >= 0.3 is 0 Å². The summed E-state index contributed by atoms with van der Waals surface area (Å²) in [6.07, 6.45) is 1.65. The van der Waals surface area contributed by atoms with Gasteiger partial charge in [-0.1, -0.05) is 54.1 Å². The van der Waals surface area contributed by atoms with E-state index in [2.05, 4.69) is 27.6 Å². The molecule has 134 valence electrons. The lowest BCUT2D eigenvalue weighted by Gasteiger charge is -2.17. The van der Waals surface area contributed by atoms with E-state index in [1.54, 1.807) is 6.21 Å². The maximum Gasteiger partial charge on any atom is 0.271 e. The van der Waals surface area contributed by atoms with Crippen molar-refractivity contribution in [2.45, 2.75) is 20.0 Å². The van der Waals surface area contributed by atoms with Crippen molar-refractivity contribution in [2.24, 2.45) is 5.10 Å². The molecule has 1 amide bonds. The third-order valence-corrected chi connectivity index (χ3v) is 4.77. The lowest BCUT2D eigenvalue weighted by Crippen LogP contribution is -2.17. The first-order valence-corrected chi connectivity index (χ1v) is 9.01. The Balaban J connectivity index is 1.42. The summed E-state index contributed by atoms with van der Waals surface area (Å²) in [6.45, 7) is 3.72. The van der Waals surface area contributed by atoms with Crippen LogP contribution in [0.25, 0.3) is 0 Å². The van der Waals surface area contributed by atoms with Crippen molar-refractivity contribution >= 4 is 17.8 Å². The van der Waals surface area contributed by atoms with Crippen molar-refractivity contribution in [3.63, 3.8) is 0 Å². The highest BCUT2D eigenvalue weighted by atomic mass is 16.2. The Labute approximate surface area is 159 Å². The molecule has 3 aromatic carbocycles. The molecule has 3 aromatic rings. The second kappa shape index (κ2) is 7.46. The molecular weight excluding hydrogens is 334 g/mol. The Hall–Kier alpha value is -3.40. The van der Waals surface area contributed by atoms with Crippen LogP contribution in [0.3, 0.4) is 0 Å². The van der Waals surface area contributed by atoms with Gasteiger partial charge in [0.15, 0.2) is 0 Å². The highest BCUT2D eigenvalue weighted by molar-refractivity contribution is 5.95. The summed E-state index contributed by atoms with van der Waals surface area (Å²) in [5.41, 5.74) is 9.04. The lowest BCUT2D eigenvalue weighted by molar-refractivity contribution is 0.0955. The van der Waals surface area contributed by atoms with Gasteiger partial charge in [0.05, 0.1) is 6.21 Å². The molecule has 4 rings (SSSR count). The maximum atomic E-state index is 12.4. The molecule has 0 saturated carbocycles. The largest absolute Gasteiger partial charge is 0.363 e. The summed E-state index contributed by atoms with van der Waals surface area (Å²) < 4.78 is 0. The normalized spacial score (nSPS) is 13.0. The minimum Gasteiger partial charge on any atom is -0.363 e. The van der Waals surface area contributed by atoms with E-state index < -0.39 is 0 Å². The molecular formula is C23H21N3O. The molecule has 0 aromatic heterocycles. The summed E-state index contributed by atoms with van der Waals surface area (Å²) >= 11 is 0. The van der Waals surface area contributed by atoms with Crippen molar-refractivity contribution in [3.8, 4) is 0 Å². The zero-order chi connectivity index (χ0) is 18.6. The van der Waals surface area contributed by atoms with Crippen LogP contribution in [0.2, 0.25) is 0 Å². The molecule has 1 heterocycles. The smallest absolute Gasteiger partial charge is 0.271 e. The van der Waals surface area contributed by atoms with Crippen LogP contribution in [0.15, 0.2) is 77.9 Å². The van der Waals surface area contributed by atoms with E-state index in [4.69, 9.17) is 0 Å². The standard InChI is InChI=1S/C23H21N3O/c1-17-7-9-18(10-8-17)14-24-25-23(27)19-11-12-20-15-26(16-21(20)13-19)22-5-3-2-4-6-22/h2-14H,15-16H2,1H3,(H,25,27). The van der Waals surface area contributed by atoms with Crippen molar-refractivity contribution in [2.75, 3.05) is 4.90 Å². The fourth-order valence-electron chi connectivity index (χ4n) is 3.24. The van der Waals surface area contributed by atoms with Crippen LogP contribution in [0, 0.1) is 6.92 Å². The molecule has 0 atom stereocenters. The highest BCUT2D eigenvalue weighted by Crippen LogP contribution is 2.28. The molecule has 0 fully saturated rings. The third-order valence-electron chi connectivity index (χ3n) is 4.77. The van der Waals surface area contributed by atoms with Crippen LogP contribution < -0.4 is 10.3 Å². The predicted molar refractivity (Wildman–Crippen MR) is 109 cm³/mol. The van der Waals surface area contributed by atoms with Crippen molar-refractivity contribution in [1.82, 2.24) is 5.43 Å². The fourth-order valence-corrected chi connectivity index (χ4v) is 3.24. The van der Waals surface area contributed by atoms with E-state index in [9.17, 15) is 4.79 Å². The molecule has 1 aliphatic heterocycles. The molecule has 27 heavy (non-hydrogen) atoms. The van der Waals surface area contributed by atoms with Gasteiger partial charge in [-0.15, -0.1) is 0 Å². The number of anilines is 1. The summed E-state index contributed by atoms with van der Waals surface area (Å²) in [7, 11) is 0. The first-order chi connectivity index (χ1) is 13.2. The fraction of sp³-hybridized carbons (Fsp3) is 0.130. The molecule has 0 bridgehead atoms. The number of para-hydroxylation sites is 1. The SMILES string of the molecule is Cc1ccc(C=NNC(=O)c2ccc3c(c2)CN(c2ccccc2)C3)cc1. The van der Waals surface area contributed by atoms with Gasteiger partial charge in [0.2, 0.25) is 0 Å². The van der Waals surface area contributed by atoms with Gasteiger partial charge < -0.3 is 4.90 Å². The van der Waals surface area contributed by atoms with E-state index in [0.29, 0.717) is 5.56 Å². The average molecular weight is 355 g/mol. The molecule has 0 radical (unpaired) electrons. The number of aryl methyl sites for hydroxylation is 1. The third kappa shape index (κ3) is 3.90. The number of nitrogens with one attached hydrogen (secondary N) is 1. The summed E-state index contributed by atoms with van der Waals surface area (Å²) in [5, 5.41) is 4.07. The molecule has 4 heteroatoms. The molecule has 0 spiro atoms. The van der Waals surface area contributed by atoms with Gasteiger partial charge in [0.25, 0.3) is 5.91 Å². The number of carbonyl (C=O) groups excluding carboxylic acids is 1. The predicted octanol–water partition coefficient (Wildman–Crippen LogP) is 4.28. The molecule has 0 aliphatic carbocycles. The van der Waals surface area contributed by atoms with E-state index in [1.165, 1.54) is 22.4 Å². The van der Waals surface area contributed by atoms with Crippen LogP contribution in [0.5, 0.6) is 0 Å². The Morgan fingerprint density at radius 2 is 1.70 bits per heavy atom. The molecule has 4 nitrogen and oxygen atoms in total. The Kier molecular flexibility index (Phi) is 4.71. The first kappa shape index (κ1) is 17.0. The number of hydrazone groups is 1.